The Morgan fingerprint density at radius 2 is 1.92 bits per heavy atom. The number of thiophene rings is 1. The van der Waals surface area contributed by atoms with Gasteiger partial charge in [-0.05, 0) is 24.3 Å². The Morgan fingerprint density at radius 1 is 1.12 bits per heavy atom. The molecule has 0 amide bonds. The molecular weight excluding hydrogens is 370 g/mol. The van der Waals surface area contributed by atoms with E-state index in [1.807, 2.05) is 12.4 Å². The van der Waals surface area contributed by atoms with Gasteiger partial charge in [0.25, 0.3) is 0 Å². The average molecular weight is 390 g/mol. The highest BCUT2D eigenvalue weighted by Crippen LogP contribution is 2.32. The van der Waals surface area contributed by atoms with Gasteiger partial charge in [0.05, 0.1) is 17.1 Å². The van der Waals surface area contributed by atoms with E-state index in [0.717, 1.165) is 35.6 Å². The predicted octanol–water partition coefficient (Wildman–Crippen LogP) is 2.07. The molecule has 0 spiro atoms. The first-order chi connectivity index (χ1) is 12.6. The lowest BCUT2D eigenvalue weighted by Crippen LogP contribution is -2.50. The van der Waals surface area contributed by atoms with E-state index >= 15 is 0 Å². The third-order valence-electron chi connectivity index (χ3n) is 5.07. The van der Waals surface area contributed by atoms with Gasteiger partial charge >= 0.3 is 0 Å². The number of imidazole rings is 1. The van der Waals surface area contributed by atoms with E-state index in [4.69, 9.17) is 0 Å². The van der Waals surface area contributed by atoms with Crippen LogP contribution in [0.15, 0.2) is 35.4 Å². The molecule has 0 N–H and O–H groups in total. The van der Waals surface area contributed by atoms with E-state index in [9.17, 15) is 8.42 Å². The molecule has 136 valence electrons. The molecule has 3 aromatic heterocycles. The van der Waals surface area contributed by atoms with Crippen LogP contribution in [0.25, 0.3) is 16.9 Å². The van der Waals surface area contributed by atoms with Crippen molar-refractivity contribution in [3.8, 4) is 11.3 Å². The van der Waals surface area contributed by atoms with Crippen molar-refractivity contribution < 1.29 is 8.42 Å². The van der Waals surface area contributed by atoms with Gasteiger partial charge in [0.1, 0.15) is 0 Å². The Balaban J connectivity index is 1.42. The van der Waals surface area contributed by atoms with Crippen molar-refractivity contribution in [2.45, 2.75) is 18.1 Å². The Morgan fingerprint density at radius 3 is 2.62 bits per heavy atom. The SMILES string of the molecule is O=S(=O)(C1CC1)N1CCN(c2nccn3c(-c4ccsc4)cnc23)CC1. The number of aromatic nitrogens is 3. The molecule has 4 heterocycles. The van der Waals surface area contributed by atoms with Crippen LogP contribution in [0, 0.1) is 0 Å². The number of sulfonamides is 1. The quantitative estimate of drug-likeness (QED) is 0.683. The highest BCUT2D eigenvalue weighted by Gasteiger charge is 2.41. The number of hydrogen-bond acceptors (Lipinski definition) is 6. The van der Waals surface area contributed by atoms with E-state index < -0.39 is 10.0 Å². The van der Waals surface area contributed by atoms with Gasteiger partial charge in [-0.25, -0.2) is 18.4 Å². The summed E-state index contributed by atoms with van der Waals surface area (Å²) in [6, 6.07) is 2.08. The summed E-state index contributed by atoms with van der Waals surface area (Å²) in [4.78, 5) is 11.3. The predicted molar refractivity (Wildman–Crippen MR) is 102 cm³/mol. The molecule has 1 aliphatic heterocycles. The number of rotatable bonds is 4. The number of piperazine rings is 1. The summed E-state index contributed by atoms with van der Waals surface area (Å²) in [5.74, 6) is 0.817. The molecular formula is C17H19N5O2S2. The van der Waals surface area contributed by atoms with Crippen molar-refractivity contribution >= 4 is 32.8 Å². The zero-order valence-corrected chi connectivity index (χ0v) is 15.8. The fourth-order valence-electron chi connectivity index (χ4n) is 3.48. The zero-order valence-electron chi connectivity index (χ0n) is 14.2. The van der Waals surface area contributed by atoms with E-state index in [-0.39, 0.29) is 5.25 Å². The molecule has 7 nitrogen and oxygen atoms in total. The fraction of sp³-hybridized carbons (Fsp3) is 0.412. The normalized spacial score (nSPS) is 19.3. The van der Waals surface area contributed by atoms with Crippen molar-refractivity contribution in [2.75, 3.05) is 31.1 Å². The van der Waals surface area contributed by atoms with Gasteiger partial charge in [-0.1, -0.05) is 0 Å². The van der Waals surface area contributed by atoms with Crippen LogP contribution in [0.2, 0.25) is 0 Å². The van der Waals surface area contributed by atoms with Gasteiger partial charge < -0.3 is 4.90 Å². The highest BCUT2D eigenvalue weighted by atomic mass is 32.2. The number of anilines is 1. The van der Waals surface area contributed by atoms with Crippen molar-refractivity contribution in [1.82, 2.24) is 18.7 Å². The first kappa shape index (κ1) is 16.2. The minimum absolute atomic E-state index is 0.143. The molecule has 0 atom stereocenters. The topological polar surface area (TPSA) is 70.8 Å². The Labute approximate surface area is 156 Å². The molecule has 1 saturated carbocycles. The number of nitrogens with zero attached hydrogens (tertiary/aromatic N) is 5. The Kier molecular flexibility index (Phi) is 3.77. The molecule has 0 bridgehead atoms. The highest BCUT2D eigenvalue weighted by molar-refractivity contribution is 7.90. The molecule has 0 radical (unpaired) electrons. The van der Waals surface area contributed by atoms with Crippen LogP contribution >= 0.6 is 11.3 Å². The maximum atomic E-state index is 12.4. The number of fused-ring (bicyclic) bond motifs is 1. The standard InChI is InChI=1S/C17H19N5O2S2/c23-26(24,14-1-2-14)21-8-6-20(7-9-21)16-17-19-11-15(13-3-10-25-12-13)22(17)5-4-18-16/h3-5,10-12,14H,1-2,6-9H2. The lowest BCUT2D eigenvalue weighted by Gasteiger charge is -2.34. The lowest BCUT2D eigenvalue weighted by atomic mass is 10.3. The summed E-state index contributed by atoms with van der Waals surface area (Å²) in [5, 5.41) is 4.01. The lowest BCUT2D eigenvalue weighted by molar-refractivity contribution is 0.383. The average Bonchev–Trinajstić information content (AvgIpc) is 3.23. The van der Waals surface area contributed by atoms with Crippen molar-refractivity contribution in [3.63, 3.8) is 0 Å². The molecule has 3 aromatic rings. The Bertz CT molecular complexity index is 1030. The van der Waals surface area contributed by atoms with Gasteiger partial charge in [-0.3, -0.25) is 4.40 Å². The van der Waals surface area contributed by atoms with Gasteiger partial charge in [0.2, 0.25) is 10.0 Å². The van der Waals surface area contributed by atoms with E-state index in [0.29, 0.717) is 26.2 Å². The van der Waals surface area contributed by atoms with Gasteiger partial charge in [-0.15, -0.1) is 0 Å². The molecule has 0 aromatic carbocycles. The fourth-order valence-corrected chi connectivity index (χ4v) is 5.96. The molecule has 5 rings (SSSR count). The van der Waals surface area contributed by atoms with Crippen LogP contribution in [-0.2, 0) is 10.0 Å². The molecule has 1 saturated heterocycles. The van der Waals surface area contributed by atoms with E-state index in [1.54, 1.807) is 21.8 Å². The summed E-state index contributed by atoms with van der Waals surface area (Å²) in [5.41, 5.74) is 2.99. The van der Waals surface area contributed by atoms with Crippen LogP contribution in [-0.4, -0.2) is 58.5 Å². The Hall–Kier alpha value is -1.97. The van der Waals surface area contributed by atoms with E-state index in [2.05, 4.69) is 36.1 Å². The molecule has 1 aliphatic carbocycles. The first-order valence-corrected chi connectivity index (χ1v) is 11.2. The minimum atomic E-state index is -3.10. The summed E-state index contributed by atoms with van der Waals surface area (Å²) in [7, 11) is -3.10. The van der Waals surface area contributed by atoms with Crippen LogP contribution in [0.1, 0.15) is 12.8 Å². The summed E-state index contributed by atoms with van der Waals surface area (Å²) < 4.78 is 28.5. The maximum absolute atomic E-state index is 12.4. The smallest absolute Gasteiger partial charge is 0.217 e. The van der Waals surface area contributed by atoms with Crippen LogP contribution in [0.4, 0.5) is 5.82 Å². The summed E-state index contributed by atoms with van der Waals surface area (Å²) >= 11 is 1.66. The van der Waals surface area contributed by atoms with Crippen molar-refractivity contribution in [1.29, 1.82) is 0 Å². The second kappa shape index (κ2) is 6.04. The van der Waals surface area contributed by atoms with Gasteiger partial charge in [-0.2, -0.15) is 15.6 Å². The van der Waals surface area contributed by atoms with Crippen molar-refractivity contribution in [2.24, 2.45) is 0 Å². The molecule has 2 fully saturated rings. The minimum Gasteiger partial charge on any atom is -0.351 e. The second-order valence-corrected chi connectivity index (χ2v) is 9.72. The monoisotopic (exact) mass is 389 g/mol. The maximum Gasteiger partial charge on any atom is 0.217 e. The van der Waals surface area contributed by atoms with Gasteiger partial charge in [0.15, 0.2) is 11.5 Å². The van der Waals surface area contributed by atoms with Crippen LogP contribution < -0.4 is 4.90 Å². The number of hydrogen-bond donors (Lipinski definition) is 0. The van der Waals surface area contributed by atoms with Crippen LogP contribution in [0.3, 0.4) is 0 Å². The largest absolute Gasteiger partial charge is 0.351 e. The third-order valence-corrected chi connectivity index (χ3v) is 8.15. The van der Waals surface area contributed by atoms with Gasteiger partial charge in [0, 0.05) is 49.5 Å². The van der Waals surface area contributed by atoms with Crippen molar-refractivity contribution in [3.05, 3.63) is 35.4 Å². The molecule has 26 heavy (non-hydrogen) atoms. The molecule has 9 heteroatoms. The molecule has 2 aliphatic rings. The third kappa shape index (κ3) is 2.62. The second-order valence-electron chi connectivity index (χ2n) is 6.73. The summed E-state index contributed by atoms with van der Waals surface area (Å²) in [6.45, 7) is 2.30. The zero-order chi connectivity index (χ0) is 17.7. The summed E-state index contributed by atoms with van der Waals surface area (Å²) in [6.07, 6.45) is 7.20. The van der Waals surface area contributed by atoms with E-state index in [1.165, 1.54) is 0 Å². The first-order valence-electron chi connectivity index (χ1n) is 8.73. The molecule has 0 unspecified atom stereocenters. The van der Waals surface area contributed by atoms with Crippen LogP contribution in [0.5, 0.6) is 0 Å².